The molecule has 0 radical (unpaired) electrons. The quantitative estimate of drug-likeness (QED) is 0.444. The fourth-order valence-electron chi connectivity index (χ4n) is 2.92. The second-order valence-corrected chi connectivity index (χ2v) is 6.74. The molecule has 0 aromatic heterocycles. The fourth-order valence-corrected chi connectivity index (χ4v) is 2.92. The van der Waals surface area contributed by atoms with Gasteiger partial charge < -0.3 is 10.6 Å². The number of hydrogen-bond donors (Lipinski definition) is 2. The van der Waals surface area contributed by atoms with Crippen molar-refractivity contribution < 1.29 is 14.1 Å². The minimum absolute atomic E-state index is 0.184. The second kappa shape index (κ2) is 8.52. The maximum atomic E-state index is 13.0. The van der Waals surface area contributed by atoms with E-state index in [0.29, 0.717) is 5.69 Å². The van der Waals surface area contributed by atoms with Gasteiger partial charge in [0.05, 0.1) is 4.92 Å². The van der Waals surface area contributed by atoms with E-state index in [4.69, 9.17) is 0 Å². The van der Waals surface area contributed by atoms with E-state index in [1.54, 1.807) is 18.2 Å². The lowest BCUT2D eigenvalue weighted by atomic mass is 10.1. The molecule has 6 nitrogen and oxygen atoms in total. The maximum Gasteiger partial charge on any atom is 0.293 e. The lowest BCUT2D eigenvalue weighted by Gasteiger charge is -2.11. The summed E-state index contributed by atoms with van der Waals surface area (Å²) >= 11 is 0. The average molecular weight is 393 g/mol. The van der Waals surface area contributed by atoms with Crippen molar-refractivity contribution in [2.24, 2.45) is 0 Å². The molecule has 0 fully saturated rings. The summed E-state index contributed by atoms with van der Waals surface area (Å²) < 4.78 is 13.0. The number of amides is 1. The van der Waals surface area contributed by atoms with E-state index in [-0.39, 0.29) is 29.3 Å². The Kier molecular flexibility index (Phi) is 5.87. The highest BCUT2D eigenvalue weighted by atomic mass is 19.1. The highest BCUT2D eigenvalue weighted by Gasteiger charge is 2.18. The summed E-state index contributed by atoms with van der Waals surface area (Å²) in [6.45, 7) is 4.13. The highest BCUT2D eigenvalue weighted by molar-refractivity contribution is 6.05. The van der Waals surface area contributed by atoms with Gasteiger partial charge in [-0.25, -0.2) is 4.39 Å². The van der Waals surface area contributed by atoms with Crippen LogP contribution < -0.4 is 10.6 Å². The predicted octanol–water partition coefficient (Wildman–Crippen LogP) is 5.22. The molecule has 0 atom stereocenters. The molecule has 0 saturated carbocycles. The summed E-state index contributed by atoms with van der Waals surface area (Å²) in [7, 11) is 0. The molecule has 0 aliphatic carbocycles. The number of carbonyl (C=O) groups excluding carboxylic acids is 1. The van der Waals surface area contributed by atoms with Crippen LogP contribution in [0.5, 0.6) is 0 Å². The van der Waals surface area contributed by atoms with Crippen LogP contribution in [-0.2, 0) is 6.54 Å². The third-order valence-corrected chi connectivity index (χ3v) is 4.48. The van der Waals surface area contributed by atoms with E-state index in [1.807, 2.05) is 26.0 Å². The Morgan fingerprint density at radius 2 is 1.69 bits per heavy atom. The first-order chi connectivity index (χ1) is 13.8. The molecule has 0 heterocycles. The molecule has 3 aromatic carbocycles. The van der Waals surface area contributed by atoms with Crippen LogP contribution in [0.15, 0.2) is 60.7 Å². The smallest absolute Gasteiger partial charge is 0.293 e. The molecule has 3 rings (SSSR count). The van der Waals surface area contributed by atoms with Gasteiger partial charge in [-0.3, -0.25) is 14.9 Å². The number of carbonyl (C=O) groups is 1. The van der Waals surface area contributed by atoms with Crippen molar-refractivity contribution in [1.29, 1.82) is 0 Å². The molecule has 1 amide bonds. The van der Waals surface area contributed by atoms with Crippen LogP contribution in [0.1, 0.15) is 27.0 Å². The molecule has 3 aromatic rings. The number of nitro benzene ring substituents is 1. The minimum atomic E-state index is -0.541. The molecule has 0 saturated heterocycles. The number of halogens is 1. The van der Waals surface area contributed by atoms with Crippen molar-refractivity contribution in [3.8, 4) is 0 Å². The predicted molar refractivity (Wildman–Crippen MR) is 111 cm³/mol. The third-order valence-electron chi connectivity index (χ3n) is 4.48. The summed E-state index contributed by atoms with van der Waals surface area (Å²) in [5.74, 6) is -0.774. The Bertz CT molecular complexity index is 1070. The first kappa shape index (κ1) is 20.0. The minimum Gasteiger partial charge on any atom is -0.375 e. The average Bonchev–Trinajstić information content (AvgIpc) is 2.69. The summed E-state index contributed by atoms with van der Waals surface area (Å²) in [5, 5.41) is 17.2. The molecule has 0 spiro atoms. The van der Waals surface area contributed by atoms with Gasteiger partial charge in [0.15, 0.2) is 0 Å². The lowest BCUT2D eigenvalue weighted by Crippen LogP contribution is -2.13. The van der Waals surface area contributed by atoms with Crippen LogP contribution in [0.25, 0.3) is 0 Å². The zero-order valence-electron chi connectivity index (χ0n) is 16.0. The number of rotatable bonds is 6. The van der Waals surface area contributed by atoms with Gasteiger partial charge in [-0.1, -0.05) is 29.8 Å². The number of anilines is 2. The summed E-state index contributed by atoms with van der Waals surface area (Å²) in [4.78, 5) is 23.5. The summed E-state index contributed by atoms with van der Waals surface area (Å²) in [6, 6.07) is 15.7. The van der Waals surface area contributed by atoms with Crippen LogP contribution in [0.4, 0.5) is 21.5 Å². The first-order valence-electron chi connectivity index (χ1n) is 8.99. The number of benzene rings is 3. The topological polar surface area (TPSA) is 84.3 Å². The van der Waals surface area contributed by atoms with Gasteiger partial charge in [0.1, 0.15) is 11.5 Å². The fraction of sp³-hybridized carbons (Fsp3) is 0.136. The molecular weight excluding hydrogens is 373 g/mol. The standard InChI is InChI=1S/C22H20FN3O3/c1-14-3-9-19(15(2)11-14)25-22(27)17-6-10-20(21(12-17)26(28)29)24-13-16-4-7-18(23)8-5-16/h3-12,24H,13H2,1-2H3,(H,25,27). The number of nitrogens with zero attached hydrogens (tertiary/aromatic N) is 1. The Morgan fingerprint density at radius 1 is 1.00 bits per heavy atom. The Labute approximate surface area is 167 Å². The van der Waals surface area contributed by atoms with Crippen molar-refractivity contribution in [3.63, 3.8) is 0 Å². The lowest BCUT2D eigenvalue weighted by molar-refractivity contribution is -0.384. The molecule has 2 N–H and O–H groups in total. The van der Waals surface area contributed by atoms with Gasteiger partial charge in [-0.05, 0) is 55.3 Å². The Balaban J connectivity index is 1.78. The van der Waals surface area contributed by atoms with E-state index in [9.17, 15) is 19.3 Å². The largest absolute Gasteiger partial charge is 0.375 e. The van der Waals surface area contributed by atoms with E-state index >= 15 is 0 Å². The Morgan fingerprint density at radius 3 is 2.34 bits per heavy atom. The molecule has 0 aliphatic rings. The van der Waals surface area contributed by atoms with Crippen molar-refractivity contribution in [1.82, 2.24) is 0 Å². The zero-order chi connectivity index (χ0) is 21.0. The van der Waals surface area contributed by atoms with Crippen molar-refractivity contribution in [3.05, 3.63) is 98.8 Å². The number of nitro groups is 1. The van der Waals surface area contributed by atoms with Crippen LogP contribution in [-0.4, -0.2) is 10.8 Å². The van der Waals surface area contributed by atoms with Gasteiger partial charge in [-0.2, -0.15) is 0 Å². The normalized spacial score (nSPS) is 10.4. The van der Waals surface area contributed by atoms with E-state index in [0.717, 1.165) is 16.7 Å². The molecule has 29 heavy (non-hydrogen) atoms. The highest BCUT2D eigenvalue weighted by Crippen LogP contribution is 2.27. The van der Waals surface area contributed by atoms with E-state index in [2.05, 4.69) is 10.6 Å². The van der Waals surface area contributed by atoms with E-state index in [1.165, 1.54) is 30.3 Å². The summed E-state index contributed by atoms with van der Waals surface area (Å²) in [6.07, 6.45) is 0. The van der Waals surface area contributed by atoms with Crippen LogP contribution in [0, 0.1) is 29.8 Å². The van der Waals surface area contributed by atoms with Gasteiger partial charge in [-0.15, -0.1) is 0 Å². The molecule has 148 valence electrons. The van der Waals surface area contributed by atoms with Gasteiger partial charge in [0.2, 0.25) is 0 Å². The monoisotopic (exact) mass is 393 g/mol. The zero-order valence-corrected chi connectivity index (χ0v) is 16.0. The van der Waals surface area contributed by atoms with Gasteiger partial charge in [0, 0.05) is 23.9 Å². The Hall–Kier alpha value is -3.74. The number of aryl methyl sites for hydroxylation is 2. The molecule has 0 unspecified atom stereocenters. The molecular formula is C22H20FN3O3. The van der Waals surface area contributed by atoms with Crippen molar-refractivity contribution in [2.75, 3.05) is 10.6 Å². The van der Waals surface area contributed by atoms with Crippen LogP contribution in [0.2, 0.25) is 0 Å². The molecule has 0 aliphatic heterocycles. The molecule has 7 heteroatoms. The maximum absolute atomic E-state index is 13.0. The first-order valence-corrected chi connectivity index (χ1v) is 8.99. The van der Waals surface area contributed by atoms with Gasteiger partial charge in [0.25, 0.3) is 11.6 Å². The number of hydrogen-bond acceptors (Lipinski definition) is 4. The second-order valence-electron chi connectivity index (χ2n) is 6.74. The molecule has 0 bridgehead atoms. The SMILES string of the molecule is Cc1ccc(NC(=O)c2ccc(NCc3ccc(F)cc3)c([N+](=O)[O-])c2)c(C)c1. The van der Waals surface area contributed by atoms with Crippen molar-refractivity contribution in [2.45, 2.75) is 20.4 Å². The van der Waals surface area contributed by atoms with Crippen LogP contribution >= 0.6 is 0 Å². The van der Waals surface area contributed by atoms with Gasteiger partial charge >= 0.3 is 0 Å². The summed E-state index contributed by atoms with van der Waals surface area (Å²) in [5.41, 5.74) is 3.67. The third kappa shape index (κ3) is 4.95. The number of nitrogens with one attached hydrogen (secondary N) is 2. The van der Waals surface area contributed by atoms with Crippen LogP contribution in [0.3, 0.4) is 0 Å². The van der Waals surface area contributed by atoms with Crippen molar-refractivity contribution >= 4 is 23.0 Å². The van der Waals surface area contributed by atoms with E-state index < -0.39 is 10.8 Å².